The molecule has 0 radical (unpaired) electrons. The second kappa shape index (κ2) is 6.24. The summed E-state index contributed by atoms with van der Waals surface area (Å²) in [7, 11) is 1.61. The van der Waals surface area contributed by atoms with E-state index in [1.165, 1.54) is 6.33 Å². The normalized spacial score (nSPS) is 25.5. The third-order valence-corrected chi connectivity index (χ3v) is 4.83. The summed E-state index contributed by atoms with van der Waals surface area (Å²) >= 11 is 0. The van der Waals surface area contributed by atoms with E-state index >= 15 is 0 Å². The number of hydrogen-bond donors (Lipinski definition) is 0. The third-order valence-electron chi connectivity index (χ3n) is 4.83. The Balaban J connectivity index is 1.50. The van der Waals surface area contributed by atoms with Crippen LogP contribution in [0.1, 0.15) is 0 Å². The van der Waals surface area contributed by atoms with E-state index in [1.807, 2.05) is 24.3 Å². The number of nitrogens with zero attached hydrogens (tertiary/aromatic N) is 4. The first-order valence-corrected chi connectivity index (χ1v) is 8.02. The number of ether oxygens (including phenoxy) is 3. The average Bonchev–Trinajstić information content (AvgIpc) is 3.18. The molecule has 2 saturated heterocycles. The van der Waals surface area contributed by atoms with Gasteiger partial charge in [-0.05, 0) is 6.07 Å². The van der Waals surface area contributed by atoms with E-state index in [-0.39, 0.29) is 5.41 Å². The minimum absolute atomic E-state index is 0.0320. The first kappa shape index (κ1) is 15.1. The number of rotatable bonds is 5. The molecule has 4 heterocycles. The van der Waals surface area contributed by atoms with Crippen LogP contribution >= 0.6 is 0 Å². The van der Waals surface area contributed by atoms with Gasteiger partial charge < -0.3 is 19.1 Å². The van der Waals surface area contributed by atoms with Gasteiger partial charge in [0.2, 0.25) is 11.8 Å². The SMILES string of the molecule is COc1cc(N2C[C@@H]3COC[C@]3(COc3ccccn3)C2)ncn1. The van der Waals surface area contributed by atoms with Gasteiger partial charge in [0.05, 0.1) is 32.3 Å². The minimum atomic E-state index is -0.0320. The molecule has 0 unspecified atom stereocenters. The summed E-state index contributed by atoms with van der Waals surface area (Å²) in [5, 5.41) is 0. The molecule has 2 aliphatic heterocycles. The van der Waals surface area contributed by atoms with Crippen molar-refractivity contribution < 1.29 is 14.2 Å². The molecule has 0 amide bonds. The summed E-state index contributed by atoms with van der Waals surface area (Å²) in [6.45, 7) is 3.78. The number of hydrogen-bond acceptors (Lipinski definition) is 7. The van der Waals surface area contributed by atoms with Crippen molar-refractivity contribution in [3.05, 3.63) is 36.8 Å². The van der Waals surface area contributed by atoms with Crippen LogP contribution < -0.4 is 14.4 Å². The molecule has 0 spiro atoms. The topological polar surface area (TPSA) is 69.6 Å². The molecule has 7 heteroatoms. The zero-order valence-corrected chi connectivity index (χ0v) is 13.6. The van der Waals surface area contributed by atoms with E-state index in [0.29, 0.717) is 30.9 Å². The van der Waals surface area contributed by atoms with Crippen LogP contribution in [-0.2, 0) is 4.74 Å². The van der Waals surface area contributed by atoms with Gasteiger partial charge in [-0.3, -0.25) is 0 Å². The molecule has 0 aromatic carbocycles. The van der Waals surface area contributed by atoms with Gasteiger partial charge in [-0.15, -0.1) is 0 Å². The highest BCUT2D eigenvalue weighted by Crippen LogP contribution is 2.43. The zero-order valence-electron chi connectivity index (χ0n) is 13.6. The summed E-state index contributed by atoms with van der Waals surface area (Å²) in [6, 6.07) is 7.56. The molecule has 2 atom stereocenters. The smallest absolute Gasteiger partial charge is 0.218 e. The van der Waals surface area contributed by atoms with Crippen LogP contribution in [0.25, 0.3) is 0 Å². The lowest BCUT2D eigenvalue weighted by molar-refractivity contribution is 0.108. The maximum Gasteiger partial charge on any atom is 0.218 e. The van der Waals surface area contributed by atoms with E-state index in [1.54, 1.807) is 13.3 Å². The highest BCUT2D eigenvalue weighted by atomic mass is 16.5. The van der Waals surface area contributed by atoms with Crippen LogP contribution in [0.2, 0.25) is 0 Å². The van der Waals surface area contributed by atoms with Crippen molar-refractivity contribution in [1.82, 2.24) is 15.0 Å². The van der Waals surface area contributed by atoms with Gasteiger partial charge in [0.25, 0.3) is 0 Å². The highest BCUT2D eigenvalue weighted by Gasteiger charge is 2.51. The Morgan fingerprint density at radius 2 is 2.25 bits per heavy atom. The lowest BCUT2D eigenvalue weighted by Crippen LogP contribution is -2.37. The minimum Gasteiger partial charge on any atom is -0.481 e. The molecule has 2 fully saturated rings. The molecule has 24 heavy (non-hydrogen) atoms. The van der Waals surface area contributed by atoms with Gasteiger partial charge in [-0.25, -0.2) is 15.0 Å². The van der Waals surface area contributed by atoms with Gasteiger partial charge in [0.15, 0.2) is 0 Å². The summed E-state index contributed by atoms with van der Waals surface area (Å²) in [4.78, 5) is 15.0. The molecule has 0 saturated carbocycles. The summed E-state index contributed by atoms with van der Waals surface area (Å²) < 4.78 is 16.9. The van der Waals surface area contributed by atoms with Crippen LogP contribution in [0.4, 0.5) is 5.82 Å². The Kier molecular flexibility index (Phi) is 3.93. The predicted molar refractivity (Wildman–Crippen MR) is 87.3 cm³/mol. The fourth-order valence-corrected chi connectivity index (χ4v) is 3.48. The maximum atomic E-state index is 5.95. The lowest BCUT2D eigenvalue weighted by atomic mass is 9.82. The monoisotopic (exact) mass is 328 g/mol. The van der Waals surface area contributed by atoms with E-state index in [0.717, 1.165) is 25.5 Å². The molecular weight excluding hydrogens is 308 g/mol. The fourth-order valence-electron chi connectivity index (χ4n) is 3.48. The van der Waals surface area contributed by atoms with Crippen molar-refractivity contribution in [3.63, 3.8) is 0 Å². The van der Waals surface area contributed by atoms with E-state index in [4.69, 9.17) is 14.2 Å². The van der Waals surface area contributed by atoms with Crippen molar-refractivity contribution in [2.75, 3.05) is 44.9 Å². The molecule has 4 rings (SSSR count). The standard InChI is InChI=1S/C17H20N4O3/c1-22-16-6-14(19-12-20-16)21-7-13-8-23-10-17(13,9-21)11-24-15-4-2-3-5-18-15/h2-6,12-13H,7-11H2,1H3/t13-,17+/m1/s1. The van der Waals surface area contributed by atoms with Crippen LogP contribution in [0.5, 0.6) is 11.8 Å². The van der Waals surface area contributed by atoms with Crippen molar-refractivity contribution in [1.29, 1.82) is 0 Å². The van der Waals surface area contributed by atoms with Gasteiger partial charge in [-0.1, -0.05) is 6.07 Å². The molecule has 126 valence electrons. The van der Waals surface area contributed by atoms with Crippen LogP contribution in [0, 0.1) is 11.3 Å². The molecule has 7 nitrogen and oxygen atoms in total. The van der Waals surface area contributed by atoms with Crippen molar-refractivity contribution in [3.8, 4) is 11.8 Å². The molecule has 2 aliphatic rings. The number of methoxy groups -OCH3 is 1. The Morgan fingerprint density at radius 3 is 3.08 bits per heavy atom. The first-order chi connectivity index (χ1) is 11.8. The Bertz CT molecular complexity index is 699. The van der Waals surface area contributed by atoms with Gasteiger partial charge in [0.1, 0.15) is 12.1 Å². The van der Waals surface area contributed by atoms with Crippen molar-refractivity contribution in [2.45, 2.75) is 0 Å². The molecule has 0 N–H and O–H groups in total. The van der Waals surface area contributed by atoms with Crippen LogP contribution in [0.3, 0.4) is 0 Å². The predicted octanol–water partition coefficient (Wildman–Crippen LogP) is 1.41. The van der Waals surface area contributed by atoms with Crippen molar-refractivity contribution in [2.24, 2.45) is 11.3 Å². The molecule has 0 bridgehead atoms. The lowest BCUT2D eigenvalue weighted by Gasteiger charge is -2.27. The maximum absolute atomic E-state index is 5.95. The Labute approximate surface area is 140 Å². The Morgan fingerprint density at radius 1 is 1.29 bits per heavy atom. The average molecular weight is 328 g/mol. The van der Waals surface area contributed by atoms with Crippen LogP contribution in [0.15, 0.2) is 36.8 Å². The third kappa shape index (κ3) is 2.75. The summed E-state index contributed by atoms with van der Waals surface area (Å²) in [5.74, 6) is 2.53. The van der Waals surface area contributed by atoms with E-state index in [2.05, 4.69) is 19.9 Å². The van der Waals surface area contributed by atoms with Crippen molar-refractivity contribution >= 4 is 5.82 Å². The first-order valence-electron chi connectivity index (χ1n) is 8.02. The zero-order chi connectivity index (χ0) is 16.4. The summed E-state index contributed by atoms with van der Waals surface area (Å²) in [5.41, 5.74) is -0.0320. The second-order valence-electron chi connectivity index (χ2n) is 6.33. The summed E-state index contributed by atoms with van der Waals surface area (Å²) in [6.07, 6.45) is 3.28. The number of aromatic nitrogens is 3. The Hall–Kier alpha value is -2.41. The number of fused-ring (bicyclic) bond motifs is 1. The van der Waals surface area contributed by atoms with E-state index < -0.39 is 0 Å². The van der Waals surface area contributed by atoms with Gasteiger partial charge >= 0.3 is 0 Å². The highest BCUT2D eigenvalue weighted by molar-refractivity contribution is 5.43. The molecule has 2 aromatic heterocycles. The van der Waals surface area contributed by atoms with E-state index in [9.17, 15) is 0 Å². The van der Waals surface area contributed by atoms with Gasteiger partial charge in [0, 0.05) is 37.3 Å². The van der Waals surface area contributed by atoms with Gasteiger partial charge in [-0.2, -0.15) is 0 Å². The number of anilines is 1. The fraction of sp³-hybridized carbons (Fsp3) is 0.471. The van der Waals surface area contributed by atoms with Crippen LogP contribution in [-0.4, -0.2) is 55.0 Å². The molecular formula is C17H20N4O3. The second-order valence-corrected chi connectivity index (χ2v) is 6.33. The molecule has 0 aliphatic carbocycles. The quantitative estimate of drug-likeness (QED) is 0.822. The molecule has 2 aromatic rings. The largest absolute Gasteiger partial charge is 0.481 e. The number of pyridine rings is 1.